The smallest absolute Gasteiger partial charge is 0.306 e. The molecule has 12 heteroatoms. The first-order valence-corrected chi connectivity index (χ1v) is 10.5. The predicted octanol–water partition coefficient (Wildman–Crippen LogP) is 4.63. The van der Waals surface area contributed by atoms with Gasteiger partial charge in [-0.1, -0.05) is 11.6 Å². The molecule has 1 aliphatic rings. The number of hydrogen-bond acceptors (Lipinski definition) is 6. The van der Waals surface area contributed by atoms with Gasteiger partial charge in [-0.25, -0.2) is 4.98 Å². The Bertz CT molecular complexity index is 1090. The molecule has 0 aromatic carbocycles. The van der Waals surface area contributed by atoms with Crippen LogP contribution < -0.4 is 5.32 Å². The molecule has 4 rings (SSSR count). The van der Waals surface area contributed by atoms with Crippen LogP contribution in [0.25, 0.3) is 10.6 Å². The molecule has 0 aliphatic heterocycles. The fourth-order valence-electron chi connectivity index (χ4n) is 3.10. The molecule has 0 bridgehead atoms. The molecule has 29 heavy (non-hydrogen) atoms. The third kappa shape index (κ3) is 3.89. The topological polar surface area (TPSA) is 108 Å². The molecular weight excluding hydrogens is 446 g/mol. The number of thiazole rings is 1. The summed E-state index contributed by atoms with van der Waals surface area (Å²) in [7, 11) is 0. The highest BCUT2D eigenvalue weighted by molar-refractivity contribution is 7.19. The van der Waals surface area contributed by atoms with Gasteiger partial charge in [0.15, 0.2) is 5.13 Å². The number of aliphatic carboxylic acids is 1. The molecule has 3 aromatic heterocycles. The molecule has 1 amide bonds. The number of fused-ring (bicyclic) bond motifs is 1. The zero-order valence-electron chi connectivity index (χ0n) is 14.5. The predicted molar refractivity (Wildman–Crippen MR) is 105 cm³/mol. The first-order valence-electron chi connectivity index (χ1n) is 8.46. The number of nitrogens with zero attached hydrogens (tertiary/aromatic N) is 2. The van der Waals surface area contributed by atoms with Gasteiger partial charge in [0.1, 0.15) is 5.69 Å². The van der Waals surface area contributed by atoms with Gasteiger partial charge < -0.3 is 5.11 Å². The lowest BCUT2D eigenvalue weighted by molar-refractivity contribution is -0.142. The number of carbonyl (C=O) groups is 2. The van der Waals surface area contributed by atoms with E-state index in [1.807, 2.05) is 0 Å². The number of H-pyrrole nitrogens is 1. The van der Waals surface area contributed by atoms with E-state index in [1.54, 1.807) is 12.1 Å². The number of carbonyl (C=O) groups excluding carboxylic acids is 1. The van der Waals surface area contributed by atoms with E-state index in [1.165, 1.54) is 17.5 Å². The van der Waals surface area contributed by atoms with Gasteiger partial charge in [0.25, 0.3) is 11.8 Å². The molecule has 7 nitrogen and oxygen atoms in total. The molecule has 3 heterocycles. The summed E-state index contributed by atoms with van der Waals surface area (Å²) < 4.78 is 29.4. The maximum Gasteiger partial charge on any atom is 0.306 e. The number of anilines is 1. The summed E-state index contributed by atoms with van der Waals surface area (Å²) in [4.78, 5) is 28.7. The number of thiophene rings is 1. The Kier molecular flexibility index (Phi) is 5.13. The van der Waals surface area contributed by atoms with Crippen LogP contribution in [0.3, 0.4) is 0 Å². The van der Waals surface area contributed by atoms with Crippen molar-refractivity contribution in [3.63, 3.8) is 0 Å². The van der Waals surface area contributed by atoms with Crippen LogP contribution in [-0.4, -0.2) is 32.2 Å². The molecule has 0 radical (unpaired) electrons. The molecule has 152 valence electrons. The Labute approximate surface area is 175 Å². The van der Waals surface area contributed by atoms with E-state index in [-0.39, 0.29) is 28.4 Å². The summed E-state index contributed by atoms with van der Waals surface area (Å²) in [6.07, 6.45) is 0.554. The molecule has 0 saturated carbocycles. The molecule has 0 saturated heterocycles. The molecule has 0 spiro atoms. The molecule has 3 aromatic rings. The van der Waals surface area contributed by atoms with Crippen LogP contribution in [0.1, 0.15) is 33.8 Å². The zero-order valence-corrected chi connectivity index (χ0v) is 16.9. The molecule has 1 atom stereocenters. The Morgan fingerprint density at radius 3 is 2.83 bits per heavy atom. The van der Waals surface area contributed by atoms with Crippen molar-refractivity contribution >= 4 is 51.3 Å². The second-order valence-electron chi connectivity index (χ2n) is 6.49. The van der Waals surface area contributed by atoms with Crippen LogP contribution in [0.2, 0.25) is 4.34 Å². The van der Waals surface area contributed by atoms with Crippen LogP contribution in [0, 0.1) is 5.92 Å². The highest BCUT2D eigenvalue weighted by atomic mass is 35.5. The Morgan fingerprint density at radius 1 is 1.34 bits per heavy atom. The maximum atomic E-state index is 14.4. The lowest BCUT2D eigenvalue weighted by atomic mass is 10.0. The number of carboxylic acid groups (broad SMARTS) is 1. The van der Waals surface area contributed by atoms with Gasteiger partial charge in [-0.3, -0.25) is 20.0 Å². The van der Waals surface area contributed by atoms with Crippen LogP contribution in [0.4, 0.5) is 13.9 Å². The van der Waals surface area contributed by atoms with E-state index in [4.69, 9.17) is 11.6 Å². The number of aromatic amines is 1. The van der Waals surface area contributed by atoms with Crippen LogP contribution >= 0.6 is 34.3 Å². The summed E-state index contributed by atoms with van der Waals surface area (Å²) in [6, 6.07) is 3.42. The third-order valence-electron chi connectivity index (χ3n) is 4.56. The second-order valence-corrected chi connectivity index (χ2v) is 9.29. The summed E-state index contributed by atoms with van der Waals surface area (Å²) in [5.41, 5.74) is 0.205. The standard InChI is InChI=1S/C17H13ClF2N4O3S2/c18-11-2-1-9(28-11)12-8(6-21-24-12)14(25)23-16-22-13-10(29-16)5-7(15(26)27)3-4-17(13,19)20/h1-2,6-7H,3-5H2,(H,21,24)(H,26,27)(H,22,23,25). The quantitative estimate of drug-likeness (QED) is 0.494. The molecular formula is C17H13ClF2N4O3S2. The minimum atomic E-state index is -3.24. The number of hydrogen-bond donors (Lipinski definition) is 3. The van der Waals surface area contributed by atoms with Crippen molar-refractivity contribution in [1.82, 2.24) is 15.2 Å². The molecule has 3 N–H and O–H groups in total. The fraction of sp³-hybridized carbons (Fsp3) is 0.294. The van der Waals surface area contributed by atoms with Crippen LogP contribution in [-0.2, 0) is 17.1 Å². The van der Waals surface area contributed by atoms with E-state index < -0.39 is 35.8 Å². The van der Waals surface area contributed by atoms with Gasteiger partial charge in [-0.05, 0) is 25.0 Å². The maximum absolute atomic E-state index is 14.4. The number of amides is 1. The zero-order chi connectivity index (χ0) is 20.8. The fourth-order valence-corrected chi connectivity index (χ4v) is 5.24. The van der Waals surface area contributed by atoms with Crippen molar-refractivity contribution in [1.29, 1.82) is 0 Å². The third-order valence-corrected chi connectivity index (χ3v) is 6.80. The number of nitrogens with one attached hydrogen (secondary N) is 2. The highest BCUT2D eigenvalue weighted by Gasteiger charge is 2.42. The number of aromatic nitrogens is 3. The van der Waals surface area contributed by atoms with E-state index in [0.717, 1.165) is 11.3 Å². The first kappa shape index (κ1) is 19.9. The first-order chi connectivity index (χ1) is 13.7. The number of rotatable bonds is 4. The molecule has 1 aliphatic carbocycles. The Hall–Kier alpha value is -2.37. The summed E-state index contributed by atoms with van der Waals surface area (Å²) in [5, 5.41) is 18.3. The minimum Gasteiger partial charge on any atom is -0.481 e. The van der Waals surface area contributed by atoms with Crippen molar-refractivity contribution < 1.29 is 23.5 Å². The van der Waals surface area contributed by atoms with Crippen molar-refractivity contribution in [2.75, 3.05) is 5.32 Å². The van der Waals surface area contributed by atoms with Gasteiger partial charge in [0.2, 0.25) is 0 Å². The summed E-state index contributed by atoms with van der Waals surface area (Å²) in [5.74, 6) is -5.84. The summed E-state index contributed by atoms with van der Waals surface area (Å²) in [6.45, 7) is 0. The SMILES string of the molecule is O=C(Nc1nc2c(s1)CC(C(=O)O)CCC2(F)F)c1cn[nH]c1-c1ccc(Cl)s1. The van der Waals surface area contributed by atoms with E-state index >= 15 is 0 Å². The highest BCUT2D eigenvalue weighted by Crippen LogP contribution is 2.43. The van der Waals surface area contributed by atoms with E-state index in [9.17, 15) is 23.5 Å². The average molecular weight is 459 g/mol. The van der Waals surface area contributed by atoms with E-state index in [2.05, 4.69) is 20.5 Å². The normalized spacial score (nSPS) is 18.1. The van der Waals surface area contributed by atoms with Crippen molar-refractivity contribution in [2.45, 2.75) is 25.2 Å². The van der Waals surface area contributed by atoms with Crippen LogP contribution in [0.5, 0.6) is 0 Å². The lowest BCUT2D eigenvalue weighted by Crippen LogP contribution is -2.17. The largest absolute Gasteiger partial charge is 0.481 e. The molecule has 1 unspecified atom stereocenters. The van der Waals surface area contributed by atoms with Crippen molar-refractivity contribution in [2.24, 2.45) is 5.92 Å². The van der Waals surface area contributed by atoms with Gasteiger partial charge in [-0.15, -0.1) is 22.7 Å². The Balaban J connectivity index is 1.60. The van der Waals surface area contributed by atoms with Gasteiger partial charge in [0.05, 0.1) is 32.6 Å². The van der Waals surface area contributed by atoms with Gasteiger partial charge in [0, 0.05) is 11.3 Å². The van der Waals surface area contributed by atoms with Gasteiger partial charge in [-0.2, -0.15) is 13.9 Å². The van der Waals surface area contributed by atoms with Gasteiger partial charge >= 0.3 is 5.97 Å². The Morgan fingerprint density at radius 2 is 2.14 bits per heavy atom. The van der Waals surface area contributed by atoms with Crippen molar-refractivity contribution in [3.05, 3.63) is 38.8 Å². The lowest BCUT2D eigenvalue weighted by Gasteiger charge is -2.12. The van der Waals surface area contributed by atoms with Crippen molar-refractivity contribution in [3.8, 4) is 10.6 Å². The second kappa shape index (κ2) is 7.47. The molecule has 0 fully saturated rings. The monoisotopic (exact) mass is 458 g/mol. The number of alkyl halides is 2. The minimum absolute atomic E-state index is 0.0120. The average Bonchev–Trinajstić information content (AvgIpc) is 3.36. The number of halogens is 3. The number of carboxylic acids is 1. The van der Waals surface area contributed by atoms with Crippen LogP contribution in [0.15, 0.2) is 18.3 Å². The van der Waals surface area contributed by atoms with E-state index in [0.29, 0.717) is 14.9 Å². The summed E-state index contributed by atoms with van der Waals surface area (Å²) >= 11 is 8.06.